The van der Waals surface area contributed by atoms with Crippen LogP contribution in [0.1, 0.15) is 10.9 Å². The van der Waals surface area contributed by atoms with Gasteiger partial charge < -0.3 is 5.11 Å². The largest absolute Gasteiger partial charge is 0.480 e. The zero-order valence-corrected chi connectivity index (χ0v) is 12.3. The van der Waals surface area contributed by atoms with Crippen molar-refractivity contribution in [3.63, 3.8) is 0 Å². The molecule has 2 unspecified atom stereocenters. The molecule has 5 heteroatoms. The third-order valence-electron chi connectivity index (χ3n) is 2.92. The summed E-state index contributed by atoms with van der Waals surface area (Å²) in [6, 6.07) is 14.8. The Kier molecular flexibility index (Phi) is 4.57. The highest BCUT2D eigenvalue weighted by molar-refractivity contribution is 7.84. The lowest BCUT2D eigenvalue weighted by atomic mass is 10.0. The first-order valence-corrected chi connectivity index (χ1v) is 7.90. The van der Waals surface area contributed by atoms with Crippen LogP contribution in [-0.4, -0.2) is 21.5 Å². The number of hydrogen-bond donors (Lipinski definition) is 1. The molecule has 0 spiro atoms. The second kappa shape index (κ2) is 6.20. The Labute approximate surface area is 124 Å². The molecule has 0 heterocycles. The van der Waals surface area contributed by atoms with Crippen molar-refractivity contribution in [1.29, 1.82) is 0 Å². The van der Waals surface area contributed by atoms with E-state index < -0.39 is 22.1 Å². The monoisotopic (exact) mass is 308 g/mol. The molecule has 104 valence electrons. The van der Waals surface area contributed by atoms with Crippen molar-refractivity contribution in [1.82, 2.24) is 0 Å². The van der Waals surface area contributed by atoms with Gasteiger partial charge >= 0.3 is 5.97 Å². The number of hydrogen-bond acceptors (Lipinski definition) is 2. The number of halogens is 1. The molecule has 0 bridgehead atoms. The summed E-state index contributed by atoms with van der Waals surface area (Å²) in [7, 11) is -1.31. The lowest BCUT2D eigenvalue weighted by Gasteiger charge is -2.12. The fraction of sp³-hybridized carbons (Fsp3) is 0.133. The number of carboxylic acid groups (broad SMARTS) is 1. The van der Waals surface area contributed by atoms with Crippen LogP contribution in [0.3, 0.4) is 0 Å². The van der Waals surface area contributed by atoms with E-state index in [0.717, 1.165) is 11.1 Å². The minimum Gasteiger partial charge on any atom is -0.480 e. The summed E-state index contributed by atoms with van der Waals surface area (Å²) < 4.78 is 11.8. The Hall–Kier alpha value is -1.65. The maximum atomic E-state index is 11.8. The van der Waals surface area contributed by atoms with Crippen LogP contribution in [0, 0.1) is 0 Å². The maximum Gasteiger partial charge on any atom is 0.326 e. The van der Waals surface area contributed by atoms with E-state index >= 15 is 0 Å². The summed E-state index contributed by atoms with van der Waals surface area (Å²) in [5.41, 5.74) is 2.24. The van der Waals surface area contributed by atoms with Crippen molar-refractivity contribution in [2.24, 2.45) is 0 Å². The topological polar surface area (TPSA) is 54.4 Å². The molecule has 2 aromatic carbocycles. The van der Waals surface area contributed by atoms with E-state index in [2.05, 4.69) is 0 Å². The second-order valence-electron chi connectivity index (χ2n) is 4.27. The van der Waals surface area contributed by atoms with Gasteiger partial charge in [0.15, 0.2) is 5.38 Å². The van der Waals surface area contributed by atoms with Crippen molar-refractivity contribution in [2.75, 3.05) is 6.26 Å². The Bertz CT molecular complexity index is 655. The van der Waals surface area contributed by atoms with E-state index in [9.17, 15) is 9.00 Å². The number of benzene rings is 2. The molecule has 0 amide bonds. The molecule has 3 nitrogen and oxygen atoms in total. The molecule has 0 radical (unpaired) electrons. The van der Waals surface area contributed by atoms with E-state index in [0.29, 0.717) is 10.5 Å². The molecule has 2 rings (SSSR count). The number of aliphatic carboxylic acids is 1. The first kappa shape index (κ1) is 14.8. The number of carbonyl (C=O) groups is 1. The van der Waals surface area contributed by atoms with Gasteiger partial charge in [-0.15, -0.1) is 11.6 Å². The Balaban J connectivity index is 2.54. The van der Waals surface area contributed by atoms with Crippen molar-refractivity contribution < 1.29 is 14.1 Å². The molecule has 0 saturated carbocycles. The lowest BCUT2D eigenvalue weighted by molar-refractivity contribution is -0.136. The van der Waals surface area contributed by atoms with Crippen LogP contribution < -0.4 is 0 Å². The average molecular weight is 309 g/mol. The van der Waals surface area contributed by atoms with Crippen LogP contribution in [0.25, 0.3) is 11.1 Å². The van der Waals surface area contributed by atoms with Crippen LogP contribution in [0.4, 0.5) is 0 Å². The molecular formula is C15H13ClO3S. The molecule has 20 heavy (non-hydrogen) atoms. The standard InChI is InChI=1S/C15H13ClO3S/c1-20(19)13-9-11(10-5-3-2-4-6-10)7-8-12(13)14(16)15(17)18/h2-9,14H,1H3,(H,17,18). The van der Waals surface area contributed by atoms with Crippen LogP contribution in [0.5, 0.6) is 0 Å². The average Bonchev–Trinajstić information content (AvgIpc) is 2.46. The van der Waals surface area contributed by atoms with Crippen molar-refractivity contribution >= 4 is 28.4 Å². The lowest BCUT2D eigenvalue weighted by Crippen LogP contribution is -2.08. The van der Waals surface area contributed by atoms with Gasteiger partial charge in [0.2, 0.25) is 0 Å². The van der Waals surface area contributed by atoms with Crippen molar-refractivity contribution in [2.45, 2.75) is 10.3 Å². The molecule has 0 aromatic heterocycles. The van der Waals surface area contributed by atoms with Gasteiger partial charge in [0.25, 0.3) is 0 Å². The molecule has 0 aliphatic rings. The van der Waals surface area contributed by atoms with Crippen LogP contribution in [0.15, 0.2) is 53.4 Å². The fourth-order valence-electron chi connectivity index (χ4n) is 1.94. The van der Waals surface area contributed by atoms with E-state index in [1.807, 2.05) is 30.3 Å². The van der Waals surface area contributed by atoms with Gasteiger partial charge in [-0.3, -0.25) is 9.00 Å². The molecule has 2 aromatic rings. The molecule has 0 aliphatic carbocycles. The highest BCUT2D eigenvalue weighted by atomic mass is 35.5. The van der Waals surface area contributed by atoms with Gasteiger partial charge in [-0.2, -0.15) is 0 Å². The predicted molar refractivity (Wildman–Crippen MR) is 80.4 cm³/mol. The van der Waals surface area contributed by atoms with E-state index in [-0.39, 0.29) is 0 Å². The minimum absolute atomic E-state index is 0.375. The van der Waals surface area contributed by atoms with Gasteiger partial charge in [0.05, 0.1) is 10.8 Å². The summed E-state index contributed by atoms with van der Waals surface area (Å²) in [4.78, 5) is 11.5. The minimum atomic E-state index is -1.31. The number of alkyl halides is 1. The van der Waals surface area contributed by atoms with Gasteiger partial charge in [-0.25, -0.2) is 0 Å². The number of carboxylic acids is 1. The predicted octanol–water partition coefficient (Wildman–Crippen LogP) is 3.46. The van der Waals surface area contributed by atoms with E-state index in [4.69, 9.17) is 16.7 Å². The zero-order valence-electron chi connectivity index (χ0n) is 10.7. The van der Waals surface area contributed by atoms with Gasteiger partial charge in [-0.05, 0) is 22.8 Å². The molecule has 2 atom stereocenters. The molecule has 0 saturated heterocycles. The summed E-state index contributed by atoms with van der Waals surface area (Å²) >= 11 is 5.85. The SMILES string of the molecule is CS(=O)c1cc(-c2ccccc2)ccc1C(Cl)C(=O)O. The van der Waals surface area contributed by atoms with Crippen molar-refractivity contribution in [3.05, 3.63) is 54.1 Å². The first-order chi connectivity index (χ1) is 9.50. The molecule has 1 N–H and O–H groups in total. The molecule has 0 aliphatic heterocycles. The highest BCUT2D eigenvalue weighted by Crippen LogP contribution is 2.30. The third kappa shape index (κ3) is 3.08. The summed E-state index contributed by atoms with van der Waals surface area (Å²) in [6.07, 6.45) is 1.51. The third-order valence-corrected chi connectivity index (χ3v) is 4.31. The summed E-state index contributed by atoms with van der Waals surface area (Å²) in [6.45, 7) is 0. The summed E-state index contributed by atoms with van der Waals surface area (Å²) in [5, 5.41) is 7.80. The Morgan fingerprint density at radius 1 is 1.15 bits per heavy atom. The van der Waals surface area contributed by atoms with Crippen LogP contribution >= 0.6 is 11.6 Å². The second-order valence-corrected chi connectivity index (χ2v) is 6.06. The quantitative estimate of drug-likeness (QED) is 0.880. The van der Waals surface area contributed by atoms with Crippen molar-refractivity contribution in [3.8, 4) is 11.1 Å². The molecular weight excluding hydrogens is 296 g/mol. The smallest absolute Gasteiger partial charge is 0.326 e. The van der Waals surface area contributed by atoms with Crippen LogP contribution in [-0.2, 0) is 15.6 Å². The Morgan fingerprint density at radius 2 is 1.80 bits per heavy atom. The highest BCUT2D eigenvalue weighted by Gasteiger charge is 2.21. The van der Waals surface area contributed by atoms with Gasteiger partial charge in [0, 0.05) is 11.2 Å². The first-order valence-electron chi connectivity index (χ1n) is 5.90. The van der Waals surface area contributed by atoms with E-state index in [1.165, 1.54) is 6.26 Å². The normalized spacial score (nSPS) is 13.7. The van der Waals surface area contributed by atoms with Gasteiger partial charge in [-0.1, -0.05) is 42.5 Å². The van der Waals surface area contributed by atoms with Crippen LogP contribution in [0.2, 0.25) is 0 Å². The van der Waals surface area contributed by atoms with Gasteiger partial charge in [0.1, 0.15) is 0 Å². The number of rotatable bonds is 4. The molecule has 0 fully saturated rings. The maximum absolute atomic E-state index is 11.8. The fourth-order valence-corrected chi connectivity index (χ4v) is 3.00. The Morgan fingerprint density at radius 3 is 2.35 bits per heavy atom. The summed E-state index contributed by atoms with van der Waals surface area (Å²) in [5.74, 6) is -1.15. The zero-order chi connectivity index (χ0) is 14.7. The van der Waals surface area contributed by atoms with E-state index in [1.54, 1.807) is 18.2 Å².